The van der Waals surface area contributed by atoms with Gasteiger partial charge in [0.25, 0.3) is 0 Å². The van der Waals surface area contributed by atoms with Crippen LogP contribution in [0, 0.1) is 0 Å². The summed E-state index contributed by atoms with van der Waals surface area (Å²) in [6.45, 7) is 2.64. The minimum Gasteiger partial charge on any atom is -0.492 e. The second-order valence-electron chi connectivity index (χ2n) is 5.00. The highest BCUT2D eigenvalue weighted by molar-refractivity contribution is 5.89. The van der Waals surface area contributed by atoms with Gasteiger partial charge in [0.2, 0.25) is 0 Å². The van der Waals surface area contributed by atoms with Gasteiger partial charge in [0, 0.05) is 31.4 Å². The molecule has 1 aliphatic rings. The zero-order valence-electron chi connectivity index (χ0n) is 11.8. The molecule has 0 aliphatic carbocycles. The number of benzene rings is 1. The van der Waals surface area contributed by atoms with Gasteiger partial charge in [-0.3, -0.25) is 0 Å². The van der Waals surface area contributed by atoms with Crippen LogP contribution in [0.4, 0.5) is 10.5 Å². The molecule has 0 unspecified atom stereocenters. The van der Waals surface area contributed by atoms with Crippen molar-refractivity contribution >= 4 is 11.7 Å². The maximum absolute atomic E-state index is 12.2. The second-order valence-corrected chi connectivity index (χ2v) is 5.00. The highest BCUT2D eigenvalue weighted by Gasteiger charge is 2.15. The minimum absolute atomic E-state index is 0.0251. The van der Waals surface area contributed by atoms with Gasteiger partial charge in [-0.05, 0) is 25.0 Å². The molecule has 20 heavy (non-hydrogen) atoms. The third-order valence-corrected chi connectivity index (χ3v) is 3.37. The predicted octanol–water partition coefficient (Wildman–Crippen LogP) is 2.43. The molecule has 5 nitrogen and oxygen atoms in total. The Balaban J connectivity index is 1.92. The summed E-state index contributed by atoms with van der Waals surface area (Å²) in [6.07, 6.45) is 4.61. The van der Waals surface area contributed by atoms with E-state index in [-0.39, 0.29) is 6.03 Å². The summed E-state index contributed by atoms with van der Waals surface area (Å²) < 4.78 is 5.45. The highest BCUT2D eigenvalue weighted by Crippen LogP contribution is 2.18. The van der Waals surface area contributed by atoms with Gasteiger partial charge in [-0.1, -0.05) is 18.9 Å². The first-order chi connectivity index (χ1) is 9.79. The molecule has 0 bridgehead atoms. The molecule has 110 valence electrons. The first-order valence-corrected chi connectivity index (χ1v) is 7.28. The van der Waals surface area contributed by atoms with Gasteiger partial charge in [0.1, 0.15) is 12.4 Å². The number of rotatable bonds is 4. The van der Waals surface area contributed by atoms with Gasteiger partial charge < -0.3 is 20.7 Å². The molecule has 3 N–H and O–H groups in total. The zero-order chi connectivity index (χ0) is 14.2. The number of ether oxygens (including phenoxy) is 1. The monoisotopic (exact) mass is 277 g/mol. The molecule has 0 spiro atoms. The van der Waals surface area contributed by atoms with Crippen molar-refractivity contribution in [2.24, 2.45) is 5.73 Å². The van der Waals surface area contributed by atoms with Crippen LogP contribution in [0.5, 0.6) is 5.75 Å². The van der Waals surface area contributed by atoms with E-state index in [1.807, 2.05) is 29.2 Å². The van der Waals surface area contributed by atoms with Gasteiger partial charge >= 0.3 is 6.03 Å². The summed E-state index contributed by atoms with van der Waals surface area (Å²) >= 11 is 0. The van der Waals surface area contributed by atoms with E-state index in [9.17, 15) is 4.79 Å². The zero-order valence-corrected chi connectivity index (χ0v) is 11.8. The van der Waals surface area contributed by atoms with Gasteiger partial charge in [-0.15, -0.1) is 0 Å². The number of likely N-dealkylation sites (tertiary alicyclic amines) is 1. The van der Waals surface area contributed by atoms with E-state index in [1.165, 1.54) is 12.8 Å². The van der Waals surface area contributed by atoms with Crippen molar-refractivity contribution in [2.75, 3.05) is 31.6 Å². The van der Waals surface area contributed by atoms with Crippen LogP contribution in [0.1, 0.15) is 25.7 Å². The standard InChI is InChI=1S/C15H23N3O2/c16-8-11-20-14-7-5-6-13(12-14)17-15(19)18-9-3-1-2-4-10-18/h5-7,12H,1-4,8-11,16H2,(H,17,19). The maximum Gasteiger partial charge on any atom is 0.321 e. The van der Waals surface area contributed by atoms with Crippen LogP contribution in [0.2, 0.25) is 0 Å². The Hall–Kier alpha value is -1.75. The van der Waals surface area contributed by atoms with E-state index in [2.05, 4.69) is 5.32 Å². The average molecular weight is 277 g/mol. The highest BCUT2D eigenvalue weighted by atomic mass is 16.5. The van der Waals surface area contributed by atoms with Gasteiger partial charge in [0.05, 0.1) is 0 Å². The lowest BCUT2D eigenvalue weighted by atomic mass is 10.2. The Morgan fingerprint density at radius 2 is 2.00 bits per heavy atom. The lowest BCUT2D eigenvalue weighted by molar-refractivity contribution is 0.214. The number of hydrogen-bond donors (Lipinski definition) is 2. The molecule has 0 aromatic heterocycles. The van der Waals surface area contributed by atoms with E-state index < -0.39 is 0 Å². The summed E-state index contributed by atoms with van der Waals surface area (Å²) in [6, 6.07) is 7.39. The number of anilines is 1. The van der Waals surface area contributed by atoms with Crippen molar-refractivity contribution < 1.29 is 9.53 Å². The van der Waals surface area contributed by atoms with Crippen molar-refractivity contribution in [2.45, 2.75) is 25.7 Å². The summed E-state index contributed by atoms with van der Waals surface area (Å²) in [5.41, 5.74) is 6.16. The number of amides is 2. The van der Waals surface area contributed by atoms with Crippen molar-refractivity contribution in [1.29, 1.82) is 0 Å². The summed E-state index contributed by atoms with van der Waals surface area (Å²) in [7, 11) is 0. The molecule has 1 fully saturated rings. The van der Waals surface area contributed by atoms with Crippen LogP contribution in [0.25, 0.3) is 0 Å². The Morgan fingerprint density at radius 1 is 1.25 bits per heavy atom. The second kappa shape index (κ2) is 7.75. The fourth-order valence-corrected chi connectivity index (χ4v) is 2.32. The molecule has 1 aromatic carbocycles. The third-order valence-electron chi connectivity index (χ3n) is 3.37. The molecule has 0 radical (unpaired) electrons. The van der Waals surface area contributed by atoms with Crippen molar-refractivity contribution in [1.82, 2.24) is 4.90 Å². The summed E-state index contributed by atoms with van der Waals surface area (Å²) in [4.78, 5) is 14.1. The Labute approximate surface area is 120 Å². The number of nitrogens with one attached hydrogen (secondary N) is 1. The van der Waals surface area contributed by atoms with Gasteiger partial charge in [0.15, 0.2) is 0 Å². The summed E-state index contributed by atoms with van der Waals surface area (Å²) in [5.74, 6) is 0.726. The largest absolute Gasteiger partial charge is 0.492 e. The Bertz CT molecular complexity index is 429. The molecule has 2 rings (SSSR count). The molecule has 1 heterocycles. The van der Waals surface area contributed by atoms with Crippen LogP contribution in [-0.4, -0.2) is 37.2 Å². The number of urea groups is 1. The molecule has 0 atom stereocenters. The minimum atomic E-state index is -0.0251. The quantitative estimate of drug-likeness (QED) is 0.888. The first kappa shape index (κ1) is 14.7. The normalized spacial score (nSPS) is 15.6. The molecule has 1 aliphatic heterocycles. The third kappa shape index (κ3) is 4.42. The maximum atomic E-state index is 12.2. The lowest BCUT2D eigenvalue weighted by Crippen LogP contribution is -2.35. The van der Waals surface area contributed by atoms with Gasteiger partial charge in [-0.2, -0.15) is 0 Å². The number of carbonyl (C=O) groups is 1. The number of hydrogen-bond acceptors (Lipinski definition) is 3. The van der Waals surface area contributed by atoms with E-state index in [0.717, 1.165) is 37.4 Å². The molecule has 5 heteroatoms. The fraction of sp³-hybridized carbons (Fsp3) is 0.533. The Morgan fingerprint density at radius 3 is 2.70 bits per heavy atom. The SMILES string of the molecule is NCCOc1cccc(NC(=O)N2CCCCCC2)c1. The first-order valence-electron chi connectivity index (χ1n) is 7.28. The smallest absolute Gasteiger partial charge is 0.321 e. The van der Waals surface area contributed by atoms with Crippen LogP contribution >= 0.6 is 0 Å². The fourth-order valence-electron chi connectivity index (χ4n) is 2.32. The molecule has 0 saturated carbocycles. The summed E-state index contributed by atoms with van der Waals surface area (Å²) in [5, 5.41) is 2.93. The molecular formula is C15H23N3O2. The number of carbonyl (C=O) groups excluding carboxylic acids is 1. The van der Waals surface area contributed by atoms with Crippen molar-refractivity contribution in [3.63, 3.8) is 0 Å². The average Bonchev–Trinajstić information content (AvgIpc) is 2.74. The molecule has 2 amide bonds. The van der Waals surface area contributed by atoms with Crippen molar-refractivity contribution in [3.05, 3.63) is 24.3 Å². The topological polar surface area (TPSA) is 67.6 Å². The van der Waals surface area contributed by atoms with E-state index in [0.29, 0.717) is 13.2 Å². The van der Waals surface area contributed by atoms with E-state index in [4.69, 9.17) is 10.5 Å². The van der Waals surface area contributed by atoms with Crippen molar-refractivity contribution in [3.8, 4) is 5.75 Å². The van der Waals surface area contributed by atoms with E-state index in [1.54, 1.807) is 0 Å². The molecule has 1 aromatic rings. The molecular weight excluding hydrogens is 254 g/mol. The molecule has 1 saturated heterocycles. The Kier molecular flexibility index (Phi) is 5.68. The van der Waals surface area contributed by atoms with Crippen LogP contribution in [0.3, 0.4) is 0 Å². The van der Waals surface area contributed by atoms with Crippen LogP contribution < -0.4 is 15.8 Å². The number of nitrogens with zero attached hydrogens (tertiary/aromatic N) is 1. The van der Waals surface area contributed by atoms with E-state index >= 15 is 0 Å². The van der Waals surface area contributed by atoms with Crippen LogP contribution in [-0.2, 0) is 0 Å². The predicted molar refractivity (Wildman–Crippen MR) is 80.1 cm³/mol. The van der Waals surface area contributed by atoms with Gasteiger partial charge in [-0.25, -0.2) is 4.79 Å². The van der Waals surface area contributed by atoms with Crippen LogP contribution in [0.15, 0.2) is 24.3 Å². The lowest BCUT2D eigenvalue weighted by Gasteiger charge is -2.21. The number of nitrogens with two attached hydrogens (primary N) is 1.